The van der Waals surface area contributed by atoms with E-state index in [4.69, 9.17) is 23.1 Å². The number of nitrogen functional groups attached to an aromatic ring is 2. The molecular formula is C23H19ClN8O2. The quantitative estimate of drug-likeness (QED) is 0.330. The van der Waals surface area contributed by atoms with E-state index in [9.17, 15) is 15.4 Å². The van der Waals surface area contributed by atoms with E-state index in [0.29, 0.717) is 47.6 Å². The molecule has 34 heavy (non-hydrogen) atoms. The Kier molecular flexibility index (Phi) is 5.18. The van der Waals surface area contributed by atoms with Gasteiger partial charge >= 0.3 is 0 Å². The minimum absolute atomic E-state index is 0.00480. The van der Waals surface area contributed by atoms with E-state index in [2.05, 4.69) is 9.97 Å². The Labute approximate surface area is 199 Å². The average molecular weight is 475 g/mol. The molecule has 4 N–H and O–H groups in total. The monoisotopic (exact) mass is 474 g/mol. The fourth-order valence-corrected chi connectivity index (χ4v) is 4.75. The second-order valence-electron chi connectivity index (χ2n) is 8.01. The van der Waals surface area contributed by atoms with Gasteiger partial charge in [-0.3, -0.25) is 10.1 Å². The van der Waals surface area contributed by atoms with Crippen LogP contribution in [0.3, 0.4) is 0 Å². The molecule has 1 saturated heterocycles. The van der Waals surface area contributed by atoms with E-state index in [0.717, 1.165) is 5.56 Å². The lowest BCUT2D eigenvalue weighted by Gasteiger charge is -2.34. The zero-order valence-electron chi connectivity index (χ0n) is 17.8. The largest absolute Gasteiger partial charge is 0.397 e. The van der Waals surface area contributed by atoms with E-state index in [1.807, 2.05) is 35.2 Å². The molecule has 1 atom stereocenters. The van der Waals surface area contributed by atoms with E-state index in [-0.39, 0.29) is 27.7 Å². The highest BCUT2D eigenvalue weighted by Crippen LogP contribution is 2.50. The molecule has 10 nitrogen and oxygen atoms in total. The summed E-state index contributed by atoms with van der Waals surface area (Å²) in [5, 5.41) is 22.6. The normalized spacial score (nSPS) is 16.8. The molecule has 0 bridgehead atoms. The number of pyridine rings is 2. The number of anilines is 3. The second kappa shape index (κ2) is 8.20. The molecule has 3 aromatic rings. The summed E-state index contributed by atoms with van der Waals surface area (Å²) in [5.41, 5.74) is 14.5. The number of nitriles is 1. The van der Waals surface area contributed by atoms with Gasteiger partial charge in [-0.2, -0.15) is 5.26 Å². The van der Waals surface area contributed by atoms with Crippen molar-refractivity contribution in [1.29, 1.82) is 5.26 Å². The third kappa shape index (κ3) is 3.34. The number of fused-ring (bicyclic) bond motifs is 3. The van der Waals surface area contributed by atoms with Crippen LogP contribution in [-0.4, -0.2) is 32.9 Å². The van der Waals surface area contributed by atoms with Crippen molar-refractivity contribution in [1.82, 2.24) is 14.9 Å². The Balaban J connectivity index is 1.75. The first-order valence-corrected chi connectivity index (χ1v) is 10.8. The van der Waals surface area contributed by atoms with Gasteiger partial charge in [0.15, 0.2) is 5.82 Å². The zero-order chi connectivity index (χ0) is 24.0. The number of hydrogen-bond donors (Lipinski definition) is 2. The maximum absolute atomic E-state index is 12.6. The highest BCUT2D eigenvalue weighted by Gasteiger charge is 2.48. The molecule has 170 valence electrons. The summed E-state index contributed by atoms with van der Waals surface area (Å²) in [5.74, 6) is 0.0221. The van der Waals surface area contributed by atoms with Crippen molar-refractivity contribution >= 4 is 28.9 Å². The van der Waals surface area contributed by atoms with Crippen molar-refractivity contribution in [3.8, 4) is 6.07 Å². The fraction of sp³-hybridized carbons (Fsp3) is 0.174. The van der Waals surface area contributed by atoms with Crippen LogP contribution in [0, 0.1) is 21.4 Å². The zero-order valence-corrected chi connectivity index (χ0v) is 18.6. The summed E-state index contributed by atoms with van der Waals surface area (Å²) in [7, 11) is 0. The lowest BCUT2D eigenvalue weighted by molar-refractivity contribution is -0.431. The van der Waals surface area contributed by atoms with Gasteiger partial charge in [-0.1, -0.05) is 48.0 Å². The van der Waals surface area contributed by atoms with Crippen LogP contribution in [0.5, 0.6) is 0 Å². The number of nitrogens with two attached hydrogens (primary N) is 2. The molecule has 2 aromatic heterocycles. The smallest absolute Gasteiger partial charge is 0.298 e. The van der Waals surface area contributed by atoms with Gasteiger partial charge in [0.25, 0.3) is 5.70 Å². The Morgan fingerprint density at radius 3 is 2.62 bits per heavy atom. The van der Waals surface area contributed by atoms with Crippen LogP contribution in [0.2, 0.25) is 5.15 Å². The summed E-state index contributed by atoms with van der Waals surface area (Å²) in [6.45, 7) is 1.35. The molecule has 2 aliphatic rings. The van der Waals surface area contributed by atoms with Gasteiger partial charge in [0, 0.05) is 31.4 Å². The summed E-state index contributed by atoms with van der Waals surface area (Å²) in [4.78, 5) is 24.5. The average Bonchev–Trinajstić information content (AvgIpc) is 3.24. The van der Waals surface area contributed by atoms with Gasteiger partial charge in [0.2, 0.25) is 0 Å². The number of aromatic nitrogens is 2. The Bertz CT molecular complexity index is 1370. The number of nitrogens with zero attached hydrogens (tertiary/aromatic N) is 6. The molecular weight excluding hydrogens is 456 g/mol. The number of allylic oxidation sites excluding steroid dienone is 1. The van der Waals surface area contributed by atoms with Crippen LogP contribution < -0.4 is 16.4 Å². The molecule has 2 aliphatic heterocycles. The Morgan fingerprint density at radius 1 is 1.21 bits per heavy atom. The molecule has 0 saturated carbocycles. The van der Waals surface area contributed by atoms with Crippen LogP contribution in [-0.2, 0) is 6.54 Å². The first kappa shape index (κ1) is 21.5. The lowest BCUT2D eigenvalue weighted by atomic mass is 9.84. The number of rotatable bonds is 4. The molecule has 1 aromatic carbocycles. The maximum Gasteiger partial charge on any atom is 0.298 e. The number of nitro groups is 1. The van der Waals surface area contributed by atoms with Gasteiger partial charge in [-0.25, -0.2) is 9.97 Å². The summed E-state index contributed by atoms with van der Waals surface area (Å²) < 4.78 is 0. The van der Waals surface area contributed by atoms with Crippen molar-refractivity contribution in [3.05, 3.63) is 97.7 Å². The molecule has 0 radical (unpaired) electrons. The SMILES string of the molecule is N#Cc1c(N)nc2c(c1N)C(c1ccccc1)C([N+](=O)[O-])=C1N(Cc3ccc(Cl)nc3)CCN12. The predicted octanol–water partition coefficient (Wildman–Crippen LogP) is 3.08. The molecule has 0 spiro atoms. The van der Waals surface area contributed by atoms with Gasteiger partial charge in [-0.05, 0) is 17.2 Å². The molecule has 11 heteroatoms. The summed E-state index contributed by atoms with van der Waals surface area (Å²) in [6, 6.07) is 14.6. The standard InChI is InChI=1S/C23H19ClN8O2/c24-16-7-6-13(11-28-16)12-30-8-9-31-22-18(19(26)15(10-25)21(27)29-22)17(14-4-2-1-3-5-14)20(23(30)31)32(33)34/h1-7,11,17H,8-9,12H2,(H4,26,27,29). The van der Waals surface area contributed by atoms with E-state index in [1.165, 1.54) is 0 Å². The van der Waals surface area contributed by atoms with Gasteiger partial charge in [-0.15, -0.1) is 0 Å². The van der Waals surface area contributed by atoms with Gasteiger partial charge in [0.05, 0.1) is 10.6 Å². The van der Waals surface area contributed by atoms with Crippen LogP contribution in [0.4, 0.5) is 17.3 Å². The summed E-state index contributed by atoms with van der Waals surface area (Å²) in [6.07, 6.45) is 1.65. The molecule has 5 rings (SSSR count). The highest BCUT2D eigenvalue weighted by molar-refractivity contribution is 6.29. The van der Waals surface area contributed by atoms with Crippen molar-refractivity contribution in [2.45, 2.75) is 12.5 Å². The first-order valence-electron chi connectivity index (χ1n) is 10.5. The maximum atomic E-state index is 12.6. The fourth-order valence-electron chi connectivity index (χ4n) is 4.64. The van der Waals surface area contributed by atoms with E-state index >= 15 is 0 Å². The topological polar surface area (TPSA) is 151 Å². The van der Waals surface area contributed by atoms with Crippen molar-refractivity contribution < 1.29 is 4.92 Å². The Hall–Kier alpha value is -4.36. The van der Waals surface area contributed by atoms with Gasteiger partial charge < -0.3 is 21.3 Å². The van der Waals surface area contributed by atoms with Crippen LogP contribution in [0.25, 0.3) is 0 Å². The summed E-state index contributed by atoms with van der Waals surface area (Å²) >= 11 is 5.91. The number of benzene rings is 1. The van der Waals surface area contributed by atoms with Gasteiger partial charge in [0.1, 0.15) is 34.3 Å². The lowest BCUT2D eigenvalue weighted by Crippen LogP contribution is -2.35. The molecule has 1 fully saturated rings. The minimum atomic E-state index is -0.832. The molecule has 0 aliphatic carbocycles. The van der Waals surface area contributed by atoms with Crippen LogP contribution in [0.15, 0.2) is 60.2 Å². The van der Waals surface area contributed by atoms with Crippen LogP contribution >= 0.6 is 11.6 Å². The first-order chi connectivity index (χ1) is 16.4. The number of halogens is 1. The van der Waals surface area contributed by atoms with E-state index in [1.54, 1.807) is 29.3 Å². The van der Waals surface area contributed by atoms with Crippen molar-refractivity contribution in [2.24, 2.45) is 0 Å². The highest BCUT2D eigenvalue weighted by atomic mass is 35.5. The minimum Gasteiger partial charge on any atom is -0.397 e. The number of hydrogen-bond acceptors (Lipinski definition) is 9. The van der Waals surface area contributed by atoms with Crippen LogP contribution in [0.1, 0.15) is 28.2 Å². The molecule has 1 unspecified atom stereocenters. The third-order valence-corrected chi connectivity index (χ3v) is 6.31. The predicted molar refractivity (Wildman–Crippen MR) is 127 cm³/mol. The second-order valence-corrected chi connectivity index (χ2v) is 8.39. The molecule has 4 heterocycles. The van der Waals surface area contributed by atoms with Crippen molar-refractivity contribution in [3.63, 3.8) is 0 Å². The third-order valence-electron chi connectivity index (χ3n) is 6.08. The Morgan fingerprint density at radius 2 is 1.97 bits per heavy atom. The van der Waals surface area contributed by atoms with Crippen molar-refractivity contribution in [2.75, 3.05) is 29.5 Å². The molecule has 0 amide bonds. The van der Waals surface area contributed by atoms with E-state index < -0.39 is 5.92 Å².